The number of morpholine rings is 1. The van der Waals surface area contributed by atoms with Gasteiger partial charge in [-0.1, -0.05) is 0 Å². The number of nitrogens with zero attached hydrogens (tertiary/aromatic N) is 3. The Kier molecular flexibility index (Phi) is 3.30. The smallest absolute Gasteiger partial charge is 0.230 e. The quantitative estimate of drug-likeness (QED) is 0.734. The van der Waals surface area contributed by atoms with E-state index in [2.05, 4.69) is 15.1 Å². The van der Waals surface area contributed by atoms with Crippen LogP contribution < -0.4 is 0 Å². The summed E-state index contributed by atoms with van der Waals surface area (Å²) in [6, 6.07) is 0.0333. The van der Waals surface area contributed by atoms with E-state index in [-0.39, 0.29) is 12.6 Å². The molecule has 1 aromatic rings. The van der Waals surface area contributed by atoms with Gasteiger partial charge in [-0.2, -0.15) is 0 Å². The molecule has 0 spiro atoms. The van der Waals surface area contributed by atoms with Crippen LogP contribution >= 0.6 is 0 Å². The van der Waals surface area contributed by atoms with Crippen molar-refractivity contribution in [3.63, 3.8) is 0 Å². The lowest BCUT2D eigenvalue weighted by Gasteiger charge is -2.33. The molecule has 84 valence electrons. The fourth-order valence-corrected chi connectivity index (χ4v) is 1.64. The molecular formula is C9H15N3O3. The molecule has 1 N–H and O–H groups in total. The van der Waals surface area contributed by atoms with E-state index in [9.17, 15) is 0 Å². The zero-order valence-corrected chi connectivity index (χ0v) is 8.72. The van der Waals surface area contributed by atoms with Gasteiger partial charge < -0.3 is 14.3 Å². The molecule has 0 aliphatic carbocycles. The molecule has 0 amide bonds. The summed E-state index contributed by atoms with van der Waals surface area (Å²) in [7, 11) is 0. The van der Waals surface area contributed by atoms with E-state index in [0.29, 0.717) is 31.5 Å². The second-order valence-electron chi connectivity index (χ2n) is 3.60. The molecule has 1 aliphatic heterocycles. The van der Waals surface area contributed by atoms with Crippen LogP contribution in [0.2, 0.25) is 0 Å². The number of hydrogen-bond donors (Lipinski definition) is 1. The number of aliphatic hydroxyl groups is 1. The van der Waals surface area contributed by atoms with Crippen molar-refractivity contribution < 1.29 is 14.3 Å². The number of aryl methyl sites for hydroxylation is 1. The van der Waals surface area contributed by atoms with Crippen molar-refractivity contribution in [1.29, 1.82) is 0 Å². The van der Waals surface area contributed by atoms with E-state index >= 15 is 0 Å². The van der Waals surface area contributed by atoms with Crippen LogP contribution in [0.3, 0.4) is 0 Å². The summed E-state index contributed by atoms with van der Waals surface area (Å²) in [6.07, 6.45) is 0. The minimum Gasteiger partial charge on any atom is -0.424 e. The summed E-state index contributed by atoms with van der Waals surface area (Å²) < 4.78 is 10.6. The zero-order chi connectivity index (χ0) is 10.7. The summed E-state index contributed by atoms with van der Waals surface area (Å²) in [5.74, 6) is 1.16. The molecule has 0 radical (unpaired) electrons. The average molecular weight is 213 g/mol. The molecule has 0 aromatic carbocycles. The van der Waals surface area contributed by atoms with Gasteiger partial charge in [0.15, 0.2) is 0 Å². The molecule has 6 nitrogen and oxygen atoms in total. The Morgan fingerprint density at radius 2 is 2.40 bits per heavy atom. The lowest BCUT2D eigenvalue weighted by molar-refractivity contribution is -0.0343. The molecule has 2 heterocycles. The summed E-state index contributed by atoms with van der Waals surface area (Å²) in [5.41, 5.74) is 0. The zero-order valence-electron chi connectivity index (χ0n) is 8.72. The predicted molar refractivity (Wildman–Crippen MR) is 51.1 cm³/mol. The van der Waals surface area contributed by atoms with Crippen molar-refractivity contribution in [1.82, 2.24) is 15.1 Å². The summed E-state index contributed by atoms with van der Waals surface area (Å²) in [4.78, 5) is 2.09. The Morgan fingerprint density at radius 1 is 1.53 bits per heavy atom. The number of aliphatic hydroxyl groups excluding tert-OH is 1. The second-order valence-corrected chi connectivity index (χ2v) is 3.60. The van der Waals surface area contributed by atoms with Gasteiger partial charge >= 0.3 is 0 Å². The highest BCUT2D eigenvalue weighted by Crippen LogP contribution is 2.11. The van der Waals surface area contributed by atoms with Crippen molar-refractivity contribution in [3.05, 3.63) is 11.8 Å². The highest BCUT2D eigenvalue weighted by molar-refractivity contribution is 4.83. The Morgan fingerprint density at radius 3 is 3.07 bits per heavy atom. The van der Waals surface area contributed by atoms with E-state index < -0.39 is 0 Å². The molecule has 15 heavy (non-hydrogen) atoms. The molecule has 1 atom stereocenters. The van der Waals surface area contributed by atoms with Crippen molar-refractivity contribution >= 4 is 0 Å². The molecule has 1 fully saturated rings. The van der Waals surface area contributed by atoms with E-state index in [1.807, 2.05) is 0 Å². The predicted octanol–water partition coefficient (Wildman–Crippen LogP) is -0.429. The molecule has 0 saturated carbocycles. The molecule has 0 bridgehead atoms. The van der Waals surface area contributed by atoms with Crippen LogP contribution in [-0.4, -0.2) is 52.6 Å². The first-order chi connectivity index (χ1) is 7.29. The first-order valence-corrected chi connectivity index (χ1v) is 5.01. The largest absolute Gasteiger partial charge is 0.424 e. The molecule has 1 aromatic heterocycles. The van der Waals surface area contributed by atoms with Crippen LogP contribution in [0.1, 0.15) is 11.8 Å². The lowest BCUT2D eigenvalue weighted by Crippen LogP contribution is -2.46. The van der Waals surface area contributed by atoms with Crippen LogP contribution in [-0.2, 0) is 11.3 Å². The molecule has 1 unspecified atom stereocenters. The Labute approximate surface area is 87.8 Å². The third kappa shape index (κ3) is 2.53. The van der Waals surface area contributed by atoms with Crippen LogP contribution in [0.25, 0.3) is 0 Å². The lowest BCUT2D eigenvalue weighted by atomic mass is 10.2. The first kappa shape index (κ1) is 10.5. The number of aromatic nitrogens is 2. The van der Waals surface area contributed by atoms with E-state index in [0.717, 1.165) is 6.54 Å². The first-order valence-electron chi connectivity index (χ1n) is 5.01. The molecular weight excluding hydrogens is 198 g/mol. The SMILES string of the molecule is Cc1nnc(CN2CCOCC2CO)o1. The van der Waals surface area contributed by atoms with Crippen molar-refractivity contribution in [2.75, 3.05) is 26.4 Å². The highest BCUT2D eigenvalue weighted by Gasteiger charge is 2.23. The minimum atomic E-state index is 0.0333. The Balaban J connectivity index is 1.97. The normalized spacial score (nSPS) is 23.2. The maximum Gasteiger partial charge on any atom is 0.230 e. The van der Waals surface area contributed by atoms with Crippen molar-refractivity contribution in [2.24, 2.45) is 0 Å². The van der Waals surface area contributed by atoms with Gasteiger partial charge in [-0.3, -0.25) is 4.90 Å². The third-order valence-corrected chi connectivity index (χ3v) is 2.47. The Hall–Kier alpha value is -0.980. The summed E-state index contributed by atoms with van der Waals surface area (Å²) in [5, 5.41) is 16.9. The molecule has 2 rings (SSSR count). The van der Waals surface area contributed by atoms with Crippen LogP contribution in [0.5, 0.6) is 0 Å². The van der Waals surface area contributed by atoms with E-state index in [1.54, 1.807) is 6.92 Å². The van der Waals surface area contributed by atoms with Crippen LogP contribution in [0, 0.1) is 6.92 Å². The van der Waals surface area contributed by atoms with Gasteiger partial charge in [-0.05, 0) is 0 Å². The van der Waals surface area contributed by atoms with E-state index in [4.69, 9.17) is 14.3 Å². The molecule has 1 aliphatic rings. The number of rotatable bonds is 3. The van der Waals surface area contributed by atoms with Gasteiger partial charge in [0.25, 0.3) is 0 Å². The van der Waals surface area contributed by atoms with Crippen molar-refractivity contribution in [3.8, 4) is 0 Å². The van der Waals surface area contributed by atoms with Gasteiger partial charge in [-0.25, -0.2) is 0 Å². The maximum absolute atomic E-state index is 9.16. The monoisotopic (exact) mass is 213 g/mol. The van der Waals surface area contributed by atoms with Crippen LogP contribution in [0.4, 0.5) is 0 Å². The highest BCUT2D eigenvalue weighted by atomic mass is 16.5. The van der Waals surface area contributed by atoms with Gasteiger partial charge in [0, 0.05) is 13.5 Å². The Bertz CT molecular complexity index is 315. The van der Waals surface area contributed by atoms with Gasteiger partial charge in [0.1, 0.15) is 0 Å². The van der Waals surface area contributed by atoms with Gasteiger partial charge in [-0.15, -0.1) is 10.2 Å². The number of ether oxygens (including phenoxy) is 1. The third-order valence-electron chi connectivity index (χ3n) is 2.47. The maximum atomic E-state index is 9.16. The molecule has 6 heteroatoms. The van der Waals surface area contributed by atoms with Crippen LogP contribution in [0.15, 0.2) is 4.42 Å². The van der Waals surface area contributed by atoms with Crippen molar-refractivity contribution in [2.45, 2.75) is 19.5 Å². The topological polar surface area (TPSA) is 71.6 Å². The second kappa shape index (κ2) is 4.69. The fraction of sp³-hybridized carbons (Fsp3) is 0.778. The minimum absolute atomic E-state index is 0.0333. The van der Waals surface area contributed by atoms with Gasteiger partial charge in [0.05, 0.1) is 32.4 Å². The van der Waals surface area contributed by atoms with Gasteiger partial charge in [0.2, 0.25) is 11.8 Å². The molecule has 1 saturated heterocycles. The summed E-state index contributed by atoms with van der Waals surface area (Å²) in [6.45, 7) is 4.46. The van der Waals surface area contributed by atoms with E-state index in [1.165, 1.54) is 0 Å². The summed E-state index contributed by atoms with van der Waals surface area (Å²) >= 11 is 0. The standard InChI is InChI=1S/C9H15N3O3/c1-7-10-11-9(15-7)4-12-2-3-14-6-8(12)5-13/h8,13H,2-6H2,1H3. The average Bonchev–Trinajstić information content (AvgIpc) is 2.65. The fourth-order valence-electron chi connectivity index (χ4n) is 1.64. The number of hydrogen-bond acceptors (Lipinski definition) is 6.